The van der Waals surface area contributed by atoms with Crippen LogP contribution in [0.5, 0.6) is 0 Å². The molecule has 0 aromatic heterocycles. The Balaban J connectivity index is 1.82. The number of nitrogens with one attached hydrogen (secondary N) is 2. The molecule has 1 amide bonds. The third-order valence-corrected chi connectivity index (χ3v) is 5.06. The molecule has 2 aromatic carbocycles. The number of hydrogen-bond acceptors (Lipinski definition) is 5. The van der Waals surface area contributed by atoms with Crippen molar-refractivity contribution in [3.8, 4) is 0 Å². The molecule has 7 heteroatoms. The van der Waals surface area contributed by atoms with E-state index in [0.717, 1.165) is 17.5 Å². The number of amides is 1. The van der Waals surface area contributed by atoms with Crippen molar-refractivity contribution in [1.29, 1.82) is 0 Å². The highest BCUT2D eigenvalue weighted by molar-refractivity contribution is 6.30. The number of rotatable bonds is 11. The number of hydrogen-bond donors (Lipinski definition) is 5. The molecular weight excluding hydrogens is 404 g/mol. The van der Waals surface area contributed by atoms with E-state index < -0.39 is 18.1 Å². The van der Waals surface area contributed by atoms with Crippen molar-refractivity contribution in [3.63, 3.8) is 0 Å². The second-order valence-electron chi connectivity index (χ2n) is 7.74. The second-order valence-corrected chi connectivity index (χ2v) is 8.17. The van der Waals surface area contributed by atoms with Gasteiger partial charge in [0.2, 0.25) is 0 Å². The van der Waals surface area contributed by atoms with Crippen LogP contribution < -0.4 is 10.6 Å². The predicted molar refractivity (Wildman–Crippen MR) is 118 cm³/mol. The third-order valence-electron chi connectivity index (χ3n) is 4.82. The smallest absolute Gasteiger partial charge is 0.253 e. The zero-order chi connectivity index (χ0) is 22.1. The van der Waals surface area contributed by atoms with E-state index in [2.05, 4.69) is 10.6 Å². The average molecular weight is 435 g/mol. The van der Waals surface area contributed by atoms with Crippen LogP contribution in [0.3, 0.4) is 0 Å². The molecule has 0 saturated carbocycles. The minimum absolute atomic E-state index is 0.141. The minimum Gasteiger partial charge on any atom is -0.394 e. The lowest BCUT2D eigenvalue weighted by Gasteiger charge is -2.18. The molecule has 0 aliphatic carbocycles. The summed E-state index contributed by atoms with van der Waals surface area (Å²) in [5.41, 5.74) is 2.70. The van der Waals surface area contributed by atoms with E-state index in [1.54, 1.807) is 24.3 Å². The minimum atomic E-state index is -1.26. The fraction of sp³-hybridized carbons (Fsp3) is 0.435. The number of benzene rings is 2. The molecule has 0 spiro atoms. The average Bonchev–Trinajstić information content (AvgIpc) is 2.72. The largest absolute Gasteiger partial charge is 0.394 e. The van der Waals surface area contributed by atoms with Crippen LogP contribution >= 0.6 is 11.6 Å². The summed E-state index contributed by atoms with van der Waals surface area (Å²) >= 11 is 5.92. The summed E-state index contributed by atoms with van der Waals surface area (Å²) in [4.78, 5) is 12.3. The molecule has 2 aromatic rings. The highest BCUT2D eigenvalue weighted by Crippen LogP contribution is 2.18. The predicted octanol–water partition coefficient (Wildman–Crippen LogP) is 1.99. The van der Waals surface area contributed by atoms with Crippen LogP contribution in [-0.4, -0.2) is 52.6 Å². The maximum atomic E-state index is 12.3. The molecule has 4 atom stereocenters. The number of aliphatic hydroxyl groups excluding tert-OH is 3. The van der Waals surface area contributed by atoms with Gasteiger partial charge in [-0.1, -0.05) is 48.0 Å². The number of halogens is 1. The Bertz CT molecular complexity index is 800. The first-order valence-corrected chi connectivity index (χ1v) is 10.5. The molecule has 0 aliphatic rings. The van der Waals surface area contributed by atoms with Gasteiger partial charge in [-0.15, -0.1) is 0 Å². The normalized spacial score (nSPS) is 15.3. The lowest BCUT2D eigenvalue weighted by atomic mass is 10.0. The van der Waals surface area contributed by atoms with E-state index >= 15 is 0 Å². The van der Waals surface area contributed by atoms with Crippen molar-refractivity contribution in [2.75, 3.05) is 13.2 Å². The van der Waals surface area contributed by atoms with Crippen molar-refractivity contribution in [2.45, 2.75) is 51.0 Å². The zero-order valence-electron chi connectivity index (χ0n) is 17.4. The summed E-state index contributed by atoms with van der Waals surface area (Å²) in [7, 11) is 0. The molecule has 0 aliphatic heterocycles. The summed E-state index contributed by atoms with van der Waals surface area (Å²) in [6.07, 6.45) is -0.558. The molecule has 0 saturated heterocycles. The fourth-order valence-corrected chi connectivity index (χ4v) is 3.39. The van der Waals surface area contributed by atoms with E-state index in [1.165, 1.54) is 0 Å². The van der Waals surface area contributed by atoms with Crippen molar-refractivity contribution < 1.29 is 20.1 Å². The quantitative estimate of drug-likeness (QED) is 0.372. The standard InChI is InChI=1S/C23H31ClN2O4/c1-15(25-13-21(28)14-27)10-17-6-8-18(9-7-17)11-16(2)26-23(30)22(29)19-4-3-5-20(24)12-19/h3-9,12,15-16,21-22,25,27-29H,10-11,13-14H2,1-2H3,(H,26,30)/t15?,16?,21-,22?/m1/s1. The maximum Gasteiger partial charge on any atom is 0.253 e. The SMILES string of the molecule is CC(Cc1ccc(CC(C)NC(=O)C(O)c2cccc(Cl)c2)cc1)NC[C@@H](O)CO. The lowest BCUT2D eigenvalue weighted by molar-refractivity contribution is -0.130. The highest BCUT2D eigenvalue weighted by Gasteiger charge is 2.19. The van der Waals surface area contributed by atoms with Gasteiger partial charge in [0.15, 0.2) is 6.10 Å². The van der Waals surface area contributed by atoms with Gasteiger partial charge in [-0.2, -0.15) is 0 Å². The number of carbonyl (C=O) groups is 1. The van der Waals surface area contributed by atoms with Crippen LogP contribution in [0.4, 0.5) is 0 Å². The van der Waals surface area contributed by atoms with Crippen LogP contribution in [-0.2, 0) is 17.6 Å². The van der Waals surface area contributed by atoms with Crippen molar-refractivity contribution >= 4 is 17.5 Å². The van der Waals surface area contributed by atoms with Gasteiger partial charge in [0, 0.05) is 23.7 Å². The first-order valence-electron chi connectivity index (χ1n) is 10.1. The third kappa shape index (κ3) is 8.05. The monoisotopic (exact) mass is 434 g/mol. The van der Waals surface area contributed by atoms with Gasteiger partial charge >= 0.3 is 0 Å². The van der Waals surface area contributed by atoms with Crippen LogP contribution in [0.15, 0.2) is 48.5 Å². The van der Waals surface area contributed by atoms with Crippen LogP contribution in [0.25, 0.3) is 0 Å². The summed E-state index contributed by atoms with van der Waals surface area (Å²) in [5, 5.41) is 35.0. The Hall–Kier alpha value is -1.96. The first kappa shape index (κ1) is 24.3. The molecule has 0 radical (unpaired) electrons. The Morgan fingerprint density at radius 2 is 1.60 bits per heavy atom. The Morgan fingerprint density at radius 1 is 1.00 bits per heavy atom. The molecule has 6 nitrogen and oxygen atoms in total. The van der Waals surface area contributed by atoms with Crippen LogP contribution in [0.2, 0.25) is 5.02 Å². The molecule has 0 fully saturated rings. The summed E-state index contributed by atoms with van der Waals surface area (Å²) in [6.45, 7) is 4.03. The maximum absolute atomic E-state index is 12.3. The molecule has 2 rings (SSSR count). The molecule has 164 valence electrons. The van der Waals surface area contributed by atoms with Gasteiger partial charge in [-0.05, 0) is 55.5 Å². The lowest BCUT2D eigenvalue weighted by Crippen LogP contribution is -2.37. The molecule has 3 unspecified atom stereocenters. The summed E-state index contributed by atoms with van der Waals surface area (Å²) < 4.78 is 0. The van der Waals surface area contributed by atoms with Crippen LogP contribution in [0, 0.1) is 0 Å². The van der Waals surface area contributed by atoms with Gasteiger partial charge in [-0.3, -0.25) is 4.79 Å². The Labute approximate surface area is 182 Å². The van der Waals surface area contributed by atoms with Crippen LogP contribution in [0.1, 0.15) is 36.6 Å². The van der Waals surface area contributed by atoms with Gasteiger partial charge in [-0.25, -0.2) is 0 Å². The highest BCUT2D eigenvalue weighted by atomic mass is 35.5. The van der Waals surface area contributed by atoms with Crippen molar-refractivity contribution in [1.82, 2.24) is 10.6 Å². The molecule has 5 N–H and O–H groups in total. The molecule has 0 heterocycles. The van der Waals surface area contributed by atoms with E-state index in [0.29, 0.717) is 23.6 Å². The van der Waals surface area contributed by atoms with E-state index in [4.69, 9.17) is 16.7 Å². The zero-order valence-corrected chi connectivity index (χ0v) is 18.1. The molecular formula is C23H31ClN2O4. The van der Waals surface area contributed by atoms with Gasteiger partial charge in [0.1, 0.15) is 0 Å². The summed E-state index contributed by atoms with van der Waals surface area (Å²) in [5.74, 6) is -0.452. The number of carbonyl (C=O) groups excluding carboxylic acids is 1. The van der Waals surface area contributed by atoms with E-state index in [1.807, 2.05) is 38.1 Å². The second kappa shape index (κ2) is 12.0. The Kier molecular flexibility index (Phi) is 9.75. The van der Waals surface area contributed by atoms with Gasteiger partial charge in [0.25, 0.3) is 5.91 Å². The summed E-state index contributed by atoms with van der Waals surface area (Å²) in [6, 6.07) is 14.8. The van der Waals surface area contributed by atoms with E-state index in [-0.39, 0.29) is 18.7 Å². The molecule has 0 bridgehead atoms. The first-order chi connectivity index (χ1) is 14.3. The molecule has 30 heavy (non-hydrogen) atoms. The topological polar surface area (TPSA) is 102 Å². The number of aliphatic hydroxyl groups is 3. The van der Waals surface area contributed by atoms with Crippen molar-refractivity contribution in [3.05, 3.63) is 70.2 Å². The van der Waals surface area contributed by atoms with Gasteiger partial charge < -0.3 is 26.0 Å². The Morgan fingerprint density at radius 3 is 2.17 bits per heavy atom. The van der Waals surface area contributed by atoms with Crippen molar-refractivity contribution in [2.24, 2.45) is 0 Å². The van der Waals surface area contributed by atoms with Gasteiger partial charge in [0.05, 0.1) is 12.7 Å². The fourth-order valence-electron chi connectivity index (χ4n) is 3.19. The van der Waals surface area contributed by atoms with E-state index in [9.17, 15) is 15.0 Å².